The molecule has 0 bridgehead atoms. The molecule has 6 heteroatoms. The molecule has 1 aromatic heterocycles. The molecular formula is C16H26N4O2. The molecule has 2 aliphatic carbocycles. The maximum Gasteiger partial charge on any atom is 0.355 e. The highest BCUT2D eigenvalue weighted by Gasteiger charge is 2.37. The summed E-state index contributed by atoms with van der Waals surface area (Å²) >= 11 is 0. The van der Waals surface area contributed by atoms with Crippen LogP contribution in [0.15, 0.2) is 9.59 Å². The average molecular weight is 306 g/mol. The topological polar surface area (TPSA) is 79.8 Å². The minimum atomic E-state index is -0.473. The smallest absolute Gasteiger partial charge is 0.352 e. The van der Waals surface area contributed by atoms with E-state index in [1.807, 2.05) is 0 Å². The molecule has 0 radical (unpaired) electrons. The Morgan fingerprint density at radius 1 is 1.09 bits per heavy atom. The number of hydrogen-bond donors (Lipinski definition) is 2. The van der Waals surface area contributed by atoms with Crippen molar-refractivity contribution in [3.63, 3.8) is 0 Å². The fraction of sp³-hybridized carbons (Fsp3) is 0.812. The number of H-pyrrole nitrogens is 1. The summed E-state index contributed by atoms with van der Waals surface area (Å²) in [6.45, 7) is 3.61. The predicted octanol–water partition coefficient (Wildman–Crippen LogP) is 2.28. The van der Waals surface area contributed by atoms with Gasteiger partial charge in [-0.2, -0.15) is 4.98 Å². The van der Waals surface area contributed by atoms with Crippen LogP contribution in [-0.2, 0) is 0 Å². The summed E-state index contributed by atoms with van der Waals surface area (Å²) in [4.78, 5) is 30.9. The van der Waals surface area contributed by atoms with Crippen LogP contribution in [0, 0.1) is 11.8 Å². The van der Waals surface area contributed by atoms with E-state index < -0.39 is 5.69 Å². The summed E-state index contributed by atoms with van der Waals surface area (Å²) in [6.07, 6.45) is 8.85. The number of anilines is 1. The fourth-order valence-electron chi connectivity index (χ4n) is 3.68. The lowest BCUT2D eigenvalue weighted by molar-refractivity contribution is 0.299. The van der Waals surface area contributed by atoms with E-state index in [9.17, 15) is 9.59 Å². The highest BCUT2D eigenvalue weighted by Crippen LogP contribution is 2.41. The first kappa shape index (κ1) is 15.3. The zero-order chi connectivity index (χ0) is 15.7. The van der Waals surface area contributed by atoms with Gasteiger partial charge in [0.2, 0.25) is 5.95 Å². The molecule has 1 unspecified atom stereocenters. The predicted molar refractivity (Wildman–Crippen MR) is 86.2 cm³/mol. The lowest BCUT2D eigenvalue weighted by Gasteiger charge is -2.31. The maximum atomic E-state index is 12.1. The molecule has 0 aromatic carbocycles. The van der Waals surface area contributed by atoms with Crippen LogP contribution < -0.4 is 16.7 Å². The molecule has 6 nitrogen and oxygen atoms in total. The van der Waals surface area contributed by atoms with E-state index in [1.165, 1.54) is 44.9 Å². The molecule has 0 saturated heterocycles. The van der Waals surface area contributed by atoms with Crippen LogP contribution in [0.25, 0.3) is 0 Å². The first-order chi connectivity index (χ1) is 10.6. The molecule has 2 aliphatic rings. The third-order valence-corrected chi connectivity index (χ3v) is 4.97. The lowest BCUT2D eigenvalue weighted by Crippen LogP contribution is -2.41. The van der Waals surface area contributed by atoms with Gasteiger partial charge < -0.3 is 5.32 Å². The van der Waals surface area contributed by atoms with Crippen LogP contribution in [0.3, 0.4) is 0 Å². The highest BCUT2D eigenvalue weighted by atomic mass is 16.2. The number of rotatable bonds is 5. The largest absolute Gasteiger partial charge is 0.355 e. The van der Waals surface area contributed by atoms with Gasteiger partial charge in [0, 0.05) is 12.1 Å². The Morgan fingerprint density at radius 3 is 2.27 bits per heavy atom. The van der Waals surface area contributed by atoms with Crippen molar-refractivity contribution in [1.29, 1.82) is 0 Å². The monoisotopic (exact) mass is 306 g/mol. The number of nitrogens with one attached hydrogen (secondary N) is 2. The van der Waals surface area contributed by atoms with E-state index in [1.54, 1.807) is 13.8 Å². The third-order valence-electron chi connectivity index (χ3n) is 4.97. The van der Waals surface area contributed by atoms with Gasteiger partial charge in [0.15, 0.2) is 0 Å². The van der Waals surface area contributed by atoms with Gasteiger partial charge in [-0.1, -0.05) is 19.3 Å². The molecule has 2 saturated carbocycles. The quantitative estimate of drug-likeness (QED) is 0.874. The molecule has 1 atom stereocenters. The minimum absolute atomic E-state index is 0.185. The highest BCUT2D eigenvalue weighted by molar-refractivity contribution is 5.25. The second-order valence-corrected chi connectivity index (χ2v) is 7.04. The summed E-state index contributed by atoms with van der Waals surface area (Å²) in [7, 11) is 0. The minimum Gasteiger partial charge on any atom is -0.352 e. The van der Waals surface area contributed by atoms with Gasteiger partial charge in [-0.05, 0) is 51.4 Å². The Kier molecular flexibility index (Phi) is 4.36. The normalized spacial score (nSPS) is 21.0. The van der Waals surface area contributed by atoms with Gasteiger partial charge in [-0.25, -0.2) is 14.2 Å². The van der Waals surface area contributed by atoms with E-state index in [4.69, 9.17) is 0 Å². The molecule has 1 aromatic rings. The molecule has 22 heavy (non-hydrogen) atoms. The van der Waals surface area contributed by atoms with Crippen LogP contribution in [0.4, 0.5) is 5.95 Å². The number of nitrogens with zero attached hydrogens (tertiary/aromatic N) is 2. The van der Waals surface area contributed by atoms with Crippen molar-refractivity contribution in [3.8, 4) is 0 Å². The van der Waals surface area contributed by atoms with Gasteiger partial charge in [-0.3, -0.25) is 4.98 Å². The Balaban J connectivity index is 1.81. The first-order valence-electron chi connectivity index (χ1n) is 8.55. The van der Waals surface area contributed by atoms with E-state index in [0.29, 0.717) is 23.8 Å². The maximum absolute atomic E-state index is 12.1. The summed E-state index contributed by atoms with van der Waals surface area (Å²) in [5, 5.41) is 3.38. The van der Waals surface area contributed by atoms with Crippen LogP contribution in [0.1, 0.15) is 64.8 Å². The van der Waals surface area contributed by atoms with Crippen molar-refractivity contribution in [3.05, 3.63) is 21.0 Å². The SMILES string of the molecule is CC(C)n1c(=O)nc(NC(C2CCCCC2)C2CC2)[nH]c1=O. The van der Waals surface area contributed by atoms with Gasteiger partial charge in [0.05, 0.1) is 0 Å². The standard InChI is InChI=1S/C16H26N4O2/c1-10(2)20-15(21)18-14(19-16(20)22)17-13(12-8-9-12)11-6-4-3-5-7-11/h10-13H,3-9H2,1-2H3,(H2,17,18,19,21,22). The Hall–Kier alpha value is -1.59. The third kappa shape index (κ3) is 3.25. The Morgan fingerprint density at radius 2 is 1.73 bits per heavy atom. The van der Waals surface area contributed by atoms with Crippen molar-refractivity contribution < 1.29 is 0 Å². The Bertz CT molecular complexity index is 593. The van der Waals surface area contributed by atoms with Crippen LogP contribution in [0.2, 0.25) is 0 Å². The van der Waals surface area contributed by atoms with Crippen LogP contribution in [-0.4, -0.2) is 20.6 Å². The zero-order valence-electron chi connectivity index (χ0n) is 13.5. The summed E-state index contributed by atoms with van der Waals surface area (Å²) in [6, 6.07) is 0.160. The summed E-state index contributed by atoms with van der Waals surface area (Å²) in [5.41, 5.74) is -0.852. The summed E-state index contributed by atoms with van der Waals surface area (Å²) < 4.78 is 1.15. The van der Waals surface area contributed by atoms with Gasteiger partial charge in [-0.15, -0.1) is 0 Å². The number of aromatic nitrogens is 3. The van der Waals surface area contributed by atoms with E-state index >= 15 is 0 Å². The first-order valence-corrected chi connectivity index (χ1v) is 8.55. The molecule has 2 N–H and O–H groups in total. The summed E-state index contributed by atoms with van der Waals surface area (Å²) in [5.74, 6) is 1.65. The fourth-order valence-corrected chi connectivity index (χ4v) is 3.68. The van der Waals surface area contributed by atoms with Gasteiger partial charge in [0.25, 0.3) is 0 Å². The molecule has 1 heterocycles. The Labute approximate surface area is 130 Å². The molecule has 3 rings (SSSR count). The molecular weight excluding hydrogens is 280 g/mol. The second kappa shape index (κ2) is 6.26. The molecule has 0 amide bonds. The molecule has 0 spiro atoms. The molecule has 0 aliphatic heterocycles. The van der Waals surface area contributed by atoms with Crippen LogP contribution in [0.5, 0.6) is 0 Å². The van der Waals surface area contributed by atoms with Gasteiger partial charge in [0.1, 0.15) is 0 Å². The van der Waals surface area contributed by atoms with Crippen molar-refractivity contribution >= 4 is 5.95 Å². The van der Waals surface area contributed by atoms with E-state index in [-0.39, 0.29) is 11.7 Å². The van der Waals surface area contributed by atoms with E-state index in [2.05, 4.69) is 15.3 Å². The van der Waals surface area contributed by atoms with Crippen molar-refractivity contribution in [1.82, 2.24) is 14.5 Å². The molecule has 122 valence electrons. The van der Waals surface area contributed by atoms with E-state index in [0.717, 1.165) is 4.57 Å². The lowest BCUT2D eigenvalue weighted by atomic mass is 9.82. The van der Waals surface area contributed by atoms with Gasteiger partial charge >= 0.3 is 11.4 Å². The van der Waals surface area contributed by atoms with Crippen molar-refractivity contribution in [2.24, 2.45) is 11.8 Å². The second-order valence-electron chi connectivity index (χ2n) is 7.04. The number of aromatic amines is 1. The zero-order valence-corrected chi connectivity index (χ0v) is 13.5. The average Bonchev–Trinajstić information content (AvgIpc) is 3.29. The van der Waals surface area contributed by atoms with Crippen molar-refractivity contribution in [2.75, 3.05) is 5.32 Å². The molecule has 2 fully saturated rings. The van der Waals surface area contributed by atoms with Crippen LogP contribution >= 0.6 is 0 Å². The number of hydrogen-bond acceptors (Lipinski definition) is 4. The van der Waals surface area contributed by atoms with Crippen molar-refractivity contribution in [2.45, 2.75) is 70.9 Å².